The number of nitrogens with zero attached hydrogens (tertiary/aromatic N) is 4. The van der Waals surface area contributed by atoms with Gasteiger partial charge in [0.25, 0.3) is 0 Å². The molecule has 0 bridgehead atoms. The van der Waals surface area contributed by atoms with Crippen LogP contribution in [0.3, 0.4) is 0 Å². The summed E-state index contributed by atoms with van der Waals surface area (Å²) in [6.07, 6.45) is 1.93. The highest BCUT2D eigenvalue weighted by Crippen LogP contribution is 2.50. The summed E-state index contributed by atoms with van der Waals surface area (Å²) < 4.78 is 9.36. The summed E-state index contributed by atoms with van der Waals surface area (Å²) in [5.74, 6) is 3.15. The van der Waals surface area contributed by atoms with E-state index in [0.29, 0.717) is 18.5 Å². The standard InChI is InChI=1S/C67H64N4O/c1-44(2)56-27-19-28-57(45(3)4)65(56)47-30-33-61-63(38-47)69(52-25-18-24-51(39-52)67(8,9)49-22-14-11-15-23-49)43-70(61)53-36-48(46-20-12-10-13-21-46)37-55(41-53)72-54-31-32-59-58-26-16-17-29-60(58)71(62(59)42-54)64-40-50(34-35-68-64)66(5,6)7/h10-42,44-45H,43H2,1-9H3. The van der Waals surface area contributed by atoms with E-state index in [4.69, 9.17) is 9.72 Å². The fraction of sp³-hybridized carbons (Fsp3) is 0.209. The second-order valence-electron chi connectivity index (χ2n) is 21.7. The highest BCUT2D eigenvalue weighted by molar-refractivity contribution is 6.09. The van der Waals surface area contributed by atoms with Gasteiger partial charge in [-0.25, -0.2) is 4.98 Å². The molecule has 0 amide bonds. The molecule has 5 nitrogen and oxygen atoms in total. The average Bonchev–Trinajstić information content (AvgIpc) is 3.94. The Balaban J connectivity index is 1.06. The molecule has 1 aliphatic rings. The van der Waals surface area contributed by atoms with Crippen molar-refractivity contribution in [2.75, 3.05) is 16.5 Å². The van der Waals surface area contributed by atoms with E-state index in [1.165, 1.54) is 50.0 Å². The molecule has 358 valence electrons. The maximum Gasteiger partial charge on any atom is 0.137 e. The Morgan fingerprint density at radius 1 is 0.458 bits per heavy atom. The lowest BCUT2D eigenvalue weighted by Crippen LogP contribution is -2.25. The van der Waals surface area contributed by atoms with Crippen LogP contribution < -0.4 is 14.5 Å². The van der Waals surface area contributed by atoms with Crippen LogP contribution >= 0.6 is 0 Å². The zero-order chi connectivity index (χ0) is 49.9. The Morgan fingerprint density at radius 3 is 1.86 bits per heavy atom. The number of benzene rings is 8. The molecule has 0 spiro atoms. The molecule has 0 radical (unpaired) electrons. The number of para-hydroxylation sites is 1. The van der Waals surface area contributed by atoms with Gasteiger partial charge in [-0.15, -0.1) is 0 Å². The second-order valence-corrected chi connectivity index (χ2v) is 21.7. The van der Waals surface area contributed by atoms with Gasteiger partial charge in [-0.3, -0.25) is 4.57 Å². The van der Waals surface area contributed by atoms with Crippen molar-refractivity contribution in [2.45, 2.75) is 85.0 Å². The van der Waals surface area contributed by atoms with Gasteiger partial charge in [0.05, 0.1) is 22.4 Å². The van der Waals surface area contributed by atoms with Crippen LogP contribution in [0.15, 0.2) is 200 Å². The molecule has 0 atom stereocenters. The minimum absolute atomic E-state index is 0.0266. The van der Waals surface area contributed by atoms with Crippen LogP contribution in [0.25, 0.3) is 49.9 Å². The summed E-state index contributed by atoms with van der Waals surface area (Å²) in [6, 6.07) is 70.8. The van der Waals surface area contributed by atoms with Crippen LogP contribution in [0, 0.1) is 0 Å². The minimum atomic E-state index is -0.204. The molecule has 0 fully saturated rings. The number of pyridine rings is 1. The number of ether oxygens (including phenoxy) is 1. The minimum Gasteiger partial charge on any atom is -0.457 e. The molecule has 0 saturated carbocycles. The summed E-state index contributed by atoms with van der Waals surface area (Å²) in [4.78, 5) is 9.91. The Bertz CT molecular complexity index is 3590. The summed E-state index contributed by atoms with van der Waals surface area (Å²) >= 11 is 0. The van der Waals surface area contributed by atoms with Gasteiger partial charge >= 0.3 is 0 Å². The van der Waals surface area contributed by atoms with Crippen LogP contribution in [0.2, 0.25) is 0 Å². The van der Waals surface area contributed by atoms with Crippen LogP contribution in [0.4, 0.5) is 22.7 Å². The Morgan fingerprint density at radius 2 is 1.12 bits per heavy atom. The van der Waals surface area contributed by atoms with Gasteiger partial charge in [0.1, 0.15) is 24.0 Å². The third kappa shape index (κ3) is 8.51. The van der Waals surface area contributed by atoms with E-state index in [9.17, 15) is 0 Å². The first-order valence-corrected chi connectivity index (χ1v) is 25.6. The third-order valence-electron chi connectivity index (χ3n) is 14.9. The molecule has 5 heteroatoms. The SMILES string of the molecule is CC(C)c1cccc(C(C)C)c1-c1ccc2c(c1)N(c1cccc(C(C)(C)c3ccccc3)c1)CN2c1cc(Oc2ccc3c4ccccc4n(-c4cc(C(C)(C)C)ccn4)c3c2)cc(-c2ccccc2)c1. The maximum absolute atomic E-state index is 7.08. The molecule has 0 saturated heterocycles. The number of aromatic nitrogens is 2. The van der Waals surface area contributed by atoms with Crippen molar-refractivity contribution in [1.82, 2.24) is 9.55 Å². The van der Waals surface area contributed by atoms with Crippen LogP contribution in [0.5, 0.6) is 11.5 Å². The van der Waals surface area contributed by atoms with Crippen molar-refractivity contribution in [3.05, 3.63) is 228 Å². The smallest absolute Gasteiger partial charge is 0.137 e. The number of hydrogen-bond donors (Lipinski definition) is 0. The van der Waals surface area contributed by atoms with E-state index in [2.05, 4.69) is 271 Å². The van der Waals surface area contributed by atoms with Crippen molar-refractivity contribution < 1.29 is 4.74 Å². The summed E-state index contributed by atoms with van der Waals surface area (Å²) in [7, 11) is 0. The molecule has 11 rings (SSSR count). The van der Waals surface area contributed by atoms with Crippen molar-refractivity contribution in [2.24, 2.45) is 0 Å². The van der Waals surface area contributed by atoms with Crippen LogP contribution in [-0.2, 0) is 10.8 Å². The third-order valence-corrected chi connectivity index (χ3v) is 14.9. The Hall–Kier alpha value is -7.89. The maximum atomic E-state index is 7.08. The van der Waals surface area contributed by atoms with E-state index >= 15 is 0 Å². The normalized spacial score (nSPS) is 12.9. The zero-order valence-electron chi connectivity index (χ0n) is 43.1. The fourth-order valence-corrected chi connectivity index (χ4v) is 10.8. The van der Waals surface area contributed by atoms with Crippen LogP contribution in [-0.4, -0.2) is 16.2 Å². The lowest BCUT2D eigenvalue weighted by Gasteiger charge is -2.28. The Labute approximate surface area is 426 Å². The van der Waals surface area contributed by atoms with Crippen molar-refractivity contribution in [3.8, 4) is 39.6 Å². The highest BCUT2D eigenvalue weighted by atomic mass is 16.5. The first kappa shape index (κ1) is 46.5. The lowest BCUT2D eigenvalue weighted by molar-refractivity contribution is 0.483. The van der Waals surface area contributed by atoms with Gasteiger partial charge in [0.2, 0.25) is 0 Å². The molecule has 8 aromatic carbocycles. The van der Waals surface area contributed by atoms with Gasteiger partial charge in [-0.05, 0) is 134 Å². The predicted octanol–water partition coefficient (Wildman–Crippen LogP) is 18.4. The lowest BCUT2D eigenvalue weighted by atomic mass is 9.78. The van der Waals surface area contributed by atoms with E-state index in [1.54, 1.807) is 0 Å². The van der Waals surface area contributed by atoms with E-state index in [0.717, 1.165) is 61.9 Å². The number of fused-ring (bicyclic) bond motifs is 4. The summed E-state index contributed by atoms with van der Waals surface area (Å²) in [6.45, 7) is 21.3. The quantitative estimate of drug-likeness (QED) is 0.129. The van der Waals surface area contributed by atoms with Gasteiger partial charge in [0.15, 0.2) is 0 Å². The fourth-order valence-electron chi connectivity index (χ4n) is 10.8. The van der Waals surface area contributed by atoms with Gasteiger partial charge in [-0.2, -0.15) is 0 Å². The molecule has 10 aromatic rings. The van der Waals surface area contributed by atoms with Gasteiger partial charge < -0.3 is 14.5 Å². The zero-order valence-corrected chi connectivity index (χ0v) is 43.1. The first-order valence-electron chi connectivity index (χ1n) is 25.6. The van der Waals surface area contributed by atoms with Gasteiger partial charge in [0, 0.05) is 45.9 Å². The Kier molecular flexibility index (Phi) is 11.9. The van der Waals surface area contributed by atoms with Crippen molar-refractivity contribution in [1.29, 1.82) is 0 Å². The topological polar surface area (TPSA) is 33.5 Å². The van der Waals surface area contributed by atoms with Gasteiger partial charge in [-0.1, -0.05) is 178 Å². The molecular formula is C67H64N4O. The highest BCUT2D eigenvalue weighted by Gasteiger charge is 2.32. The molecule has 72 heavy (non-hydrogen) atoms. The first-order chi connectivity index (χ1) is 34.7. The van der Waals surface area contributed by atoms with Crippen molar-refractivity contribution in [3.63, 3.8) is 0 Å². The number of rotatable bonds is 11. The average molecular weight is 941 g/mol. The molecule has 2 aromatic heterocycles. The summed E-state index contributed by atoms with van der Waals surface area (Å²) in [5, 5.41) is 2.33. The summed E-state index contributed by atoms with van der Waals surface area (Å²) in [5.41, 5.74) is 17.8. The monoisotopic (exact) mass is 941 g/mol. The van der Waals surface area contributed by atoms with E-state index < -0.39 is 0 Å². The molecule has 1 aliphatic heterocycles. The van der Waals surface area contributed by atoms with E-state index in [-0.39, 0.29) is 10.8 Å². The molecule has 0 aliphatic carbocycles. The largest absolute Gasteiger partial charge is 0.457 e. The van der Waals surface area contributed by atoms with Crippen molar-refractivity contribution >= 4 is 44.6 Å². The second kappa shape index (κ2) is 18.4. The molecule has 0 unspecified atom stereocenters. The molecular weight excluding hydrogens is 877 g/mol. The number of anilines is 4. The number of hydrogen-bond acceptors (Lipinski definition) is 4. The van der Waals surface area contributed by atoms with E-state index in [1.807, 2.05) is 6.20 Å². The molecule has 3 heterocycles. The van der Waals surface area contributed by atoms with Crippen LogP contribution in [0.1, 0.15) is 102 Å². The molecule has 0 N–H and O–H groups in total. The predicted molar refractivity (Wildman–Crippen MR) is 303 cm³/mol.